The van der Waals surface area contributed by atoms with Gasteiger partial charge in [-0.05, 0) is 102 Å². The van der Waals surface area contributed by atoms with Crippen LogP contribution in [-0.2, 0) is 11.4 Å². The minimum Gasteiger partial charge on any atom is -0.490 e. The van der Waals surface area contributed by atoms with E-state index in [-0.39, 0.29) is 18.1 Å². The van der Waals surface area contributed by atoms with Crippen molar-refractivity contribution >= 4 is 63.2 Å². The van der Waals surface area contributed by atoms with Crippen molar-refractivity contribution in [3.8, 4) is 11.5 Å². The summed E-state index contributed by atoms with van der Waals surface area (Å²) in [5.41, 5.74) is 3.78. The number of hydrogen-bond donors (Lipinski definition) is 2. The maximum atomic E-state index is 12.5. The Balaban J connectivity index is 1.53. The average molecular weight is 614 g/mol. The third-order valence-corrected chi connectivity index (χ3v) is 6.84. The van der Waals surface area contributed by atoms with E-state index in [2.05, 4.69) is 32.9 Å². The van der Waals surface area contributed by atoms with Gasteiger partial charge < -0.3 is 19.9 Å². The van der Waals surface area contributed by atoms with Crippen molar-refractivity contribution in [3.05, 3.63) is 91.4 Å². The van der Waals surface area contributed by atoms with Gasteiger partial charge in [-0.1, -0.05) is 29.8 Å². The van der Waals surface area contributed by atoms with Crippen molar-refractivity contribution in [2.45, 2.75) is 20.5 Å². The van der Waals surface area contributed by atoms with Crippen LogP contribution in [0.3, 0.4) is 0 Å². The van der Waals surface area contributed by atoms with Crippen LogP contribution in [-0.4, -0.2) is 28.8 Å². The molecule has 9 heteroatoms. The van der Waals surface area contributed by atoms with Gasteiger partial charge in [0.1, 0.15) is 6.61 Å². The minimum absolute atomic E-state index is 0.205. The first-order valence-corrected chi connectivity index (χ1v) is 13.0. The Hall–Kier alpha value is -3.31. The van der Waals surface area contributed by atoms with Gasteiger partial charge in [-0.2, -0.15) is 0 Å². The summed E-state index contributed by atoms with van der Waals surface area (Å²) in [6.07, 6.45) is 1.80. The van der Waals surface area contributed by atoms with E-state index in [1.165, 1.54) is 11.8 Å². The number of benzene rings is 3. The second-order valence-corrected chi connectivity index (χ2v) is 10.1. The van der Waals surface area contributed by atoms with Gasteiger partial charge in [0.05, 0.1) is 26.3 Å². The third-order valence-electron chi connectivity index (χ3n) is 5.13. The van der Waals surface area contributed by atoms with Crippen LogP contribution in [0, 0.1) is 10.5 Å². The number of ether oxygens (including phenoxy) is 2. The number of aryl methyl sites for hydroxylation is 1. The van der Waals surface area contributed by atoms with Crippen molar-refractivity contribution in [3.63, 3.8) is 0 Å². The standard InChI is InChI=1S/C27H23IN2O5S/c1-3-34-22-13-18(12-21(28)24(22)35-15-17-6-8-19(9-7-17)26(32)33)14-23-25(31)30-27(36-23)29-20-10-4-16(2)5-11-20/h4-14H,3,15H2,1-2H3,(H,32,33)(H,29,30,31)/b23-14+. The molecule has 1 heterocycles. The lowest BCUT2D eigenvalue weighted by Gasteiger charge is -2.15. The number of carbonyl (C=O) groups excluding carboxylic acids is 1. The second kappa shape index (κ2) is 11.6. The molecule has 1 fully saturated rings. The number of amides is 1. The number of halogens is 1. The fourth-order valence-electron chi connectivity index (χ4n) is 3.34. The Morgan fingerprint density at radius 3 is 2.50 bits per heavy atom. The lowest BCUT2D eigenvalue weighted by atomic mass is 10.1. The van der Waals surface area contributed by atoms with Crippen LogP contribution < -0.4 is 14.8 Å². The van der Waals surface area contributed by atoms with Crippen LogP contribution in [0.2, 0.25) is 0 Å². The van der Waals surface area contributed by atoms with Crippen LogP contribution in [0.25, 0.3) is 6.08 Å². The summed E-state index contributed by atoms with van der Waals surface area (Å²) in [5.74, 6) is -0.0191. The van der Waals surface area contributed by atoms with Gasteiger partial charge in [0, 0.05) is 0 Å². The predicted molar refractivity (Wildman–Crippen MR) is 150 cm³/mol. The van der Waals surface area contributed by atoms with Gasteiger partial charge in [-0.25, -0.2) is 9.79 Å². The van der Waals surface area contributed by atoms with Gasteiger partial charge in [0.25, 0.3) is 5.91 Å². The summed E-state index contributed by atoms with van der Waals surface area (Å²) >= 11 is 3.47. The molecule has 2 N–H and O–H groups in total. The highest BCUT2D eigenvalue weighted by Crippen LogP contribution is 2.37. The molecule has 3 aromatic carbocycles. The van der Waals surface area contributed by atoms with Gasteiger partial charge in [-0.3, -0.25) is 4.79 Å². The van der Waals surface area contributed by atoms with Crippen molar-refractivity contribution < 1.29 is 24.2 Å². The molecule has 0 spiro atoms. The molecule has 0 aromatic heterocycles. The van der Waals surface area contributed by atoms with E-state index in [4.69, 9.17) is 14.6 Å². The summed E-state index contributed by atoms with van der Waals surface area (Å²) in [6, 6.07) is 18.1. The van der Waals surface area contributed by atoms with Crippen LogP contribution >= 0.6 is 34.4 Å². The first kappa shape index (κ1) is 25.8. The number of carboxylic acids is 1. The van der Waals surface area contributed by atoms with Crippen molar-refractivity contribution in [1.82, 2.24) is 5.32 Å². The number of amidine groups is 1. The van der Waals surface area contributed by atoms with Gasteiger partial charge in [0.2, 0.25) is 0 Å². The molecule has 1 saturated heterocycles. The summed E-state index contributed by atoms with van der Waals surface area (Å²) in [6.45, 7) is 4.60. The number of nitrogens with one attached hydrogen (secondary N) is 1. The van der Waals surface area contributed by atoms with E-state index in [1.807, 2.05) is 50.2 Å². The van der Waals surface area contributed by atoms with E-state index in [0.29, 0.717) is 28.2 Å². The van der Waals surface area contributed by atoms with Crippen LogP contribution in [0.1, 0.15) is 34.0 Å². The number of carbonyl (C=O) groups is 2. The third kappa shape index (κ3) is 6.46. The molecular weight excluding hydrogens is 591 g/mol. The Labute approximate surface area is 226 Å². The van der Waals surface area contributed by atoms with Gasteiger partial charge in [0.15, 0.2) is 16.7 Å². The topological polar surface area (TPSA) is 97.2 Å². The van der Waals surface area contributed by atoms with E-state index in [0.717, 1.165) is 25.9 Å². The molecule has 36 heavy (non-hydrogen) atoms. The molecule has 0 atom stereocenters. The number of hydrogen-bond acceptors (Lipinski definition) is 6. The molecule has 7 nitrogen and oxygen atoms in total. The fraction of sp³-hybridized carbons (Fsp3) is 0.148. The largest absolute Gasteiger partial charge is 0.490 e. The molecule has 0 unspecified atom stereocenters. The molecular formula is C27H23IN2O5S. The number of nitrogens with zero attached hydrogens (tertiary/aromatic N) is 1. The number of aliphatic imine (C=N–C) groups is 1. The molecule has 4 rings (SSSR count). The minimum atomic E-state index is -0.969. The normalized spacial score (nSPS) is 15.2. The van der Waals surface area contributed by atoms with Crippen molar-refractivity contribution in [1.29, 1.82) is 0 Å². The average Bonchev–Trinajstić information content (AvgIpc) is 3.18. The Kier molecular flexibility index (Phi) is 8.32. The Morgan fingerprint density at radius 1 is 1.11 bits per heavy atom. The Morgan fingerprint density at radius 2 is 1.83 bits per heavy atom. The zero-order valence-corrected chi connectivity index (χ0v) is 22.6. The molecule has 0 radical (unpaired) electrons. The molecule has 1 aliphatic rings. The fourth-order valence-corrected chi connectivity index (χ4v) is 4.96. The van der Waals surface area contributed by atoms with Crippen LogP contribution in [0.5, 0.6) is 11.5 Å². The van der Waals surface area contributed by atoms with Crippen molar-refractivity contribution in [2.75, 3.05) is 6.61 Å². The lowest BCUT2D eigenvalue weighted by Crippen LogP contribution is -2.19. The van der Waals surface area contributed by atoms with E-state index < -0.39 is 5.97 Å². The first-order valence-electron chi connectivity index (χ1n) is 11.1. The zero-order chi connectivity index (χ0) is 25.7. The zero-order valence-electron chi connectivity index (χ0n) is 19.6. The van der Waals surface area contributed by atoms with Gasteiger partial charge >= 0.3 is 5.97 Å². The van der Waals surface area contributed by atoms with Crippen LogP contribution in [0.15, 0.2) is 70.6 Å². The van der Waals surface area contributed by atoms with Crippen LogP contribution in [0.4, 0.5) is 5.69 Å². The summed E-state index contributed by atoms with van der Waals surface area (Å²) in [7, 11) is 0. The smallest absolute Gasteiger partial charge is 0.335 e. The van der Waals surface area contributed by atoms with E-state index in [9.17, 15) is 9.59 Å². The number of rotatable bonds is 8. The molecule has 1 amide bonds. The number of aromatic carboxylic acids is 1. The predicted octanol–water partition coefficient (Wildman–Crippen LogP) is 6.17. The summed E-state index contributed by atoms with van der Waals surface area (Å²) in [4.78, 5) is 28.6. The summed E-state index contributed by atoms with van der Waals surface area (Å²) in [5, 5.41) is 12.4. The van der Waals surface area contributed by atoms with E-state index >= 15 is 0 Å². The molecule has 0 saturated carbocycles. The SMILES string of the molecule is CCOc1cc(/C=C2/SC(=Nc3ccc(C)cc3)NC2=O)cc(I)c1OCc1ccc(C(=O)O)cc1. The maximum Gasteiger partial charge on any atom is 0.335 e. The Bertz CT molecular complexity index is 1350. The number of carboxylic acid groups (broad SMARTS) is 1. The summed E-state index contributed by atoms with van der Waals surface area (Å²) < 4.78 is 12.7. The van der Waals surface area contributed by atoms with Gasteiger partial charge in [-0.15, -0.1) is 0 Å². The first-order chi connectivity index (χ1) is 17.3. The highest BCUT2D eigenvalue weighted by atomic mass is 127. The molecule has 0 aliphatic carbocycles. The molecule has 1 aliphatic heterocycles. The van der Waals surface area contributed by atoms with E-state index in [1.54, 1.807) is 30.3 Å². The highest BCUT2D eigenvalue weighted by molar-refractivity contribution is 14.1. The molecule has 3 aromatic rings. The second-order valence-electron chi connectivity index (χ2n) is 7.87. The lowest BCUT2D eigenvalue weighted by molar-refractivity contribution is -0.115. The highest BCUT2D eigenvalue weighted by Gasteiger charge is 2.24. The maximum absolute atomic E-state index is 12.5. The molecule has 0 bridgehead atoms. The number of thioether (sulfide) groups is 1. The quantitative estimate of drug-likeness (QED) is 0.233. The molecule has 184 valence electrons. The monoisotopic (exact) mass is 614 g/mol. The van der Waals surface area contributed by atoms with Crippen molar-refractivity contribution in [2.24, 2.45) is 4.99 Å².